The van der Waals surface area contributed by atoms with Crippen LogP contribution < -0.4 is 0 Å². The van der Waals surface area contributed by atoms with E-state index in [0.29, 0.717) is 0 Å². The van der Waals surface area contributed by atoms with Crippen LogP contribution in [0.15, 0.2) is 77.2 Å². The van der Waals surface area contributed by atoms with Gasteiger partial charge in [-0.3, -0.25) is 0 Å². The standard InChI is InChI=1S/C31H21NOS2/c1-16-4-8-19(9-5-16)32-24-14-23-27(35-30-21-11-7-18(3)13-26(21)34-31(23)30)15-22(24)29-28(32)20-10-6-17(2)12-25(20)33-29/h4-15H,1-3H3. The second kappa shape index (κ2) is 6.75. The van der Waals surface area contributed by atoms with Crippen LogP contribution in [0.2, 0.25) is 0 Å². The molecule has 2 nitrogen and oxygen atoms in total. The molecule has 168 valence electrons. The van der Waals surface area contributed by atoms with Gasteiger partial charge in [0.2, 0.25) is 0 Å². The van der Waals surface area contributed by atoms with Crippen molar-refractivity contribution in [2.24, 2.45) is 0 Å². The van der Waals surface area contributed by atoms with E-state index in [4.69, 9.17) is 4.42 Å². The second-order valence-corrected chi connectivity index (χ2v) is 11.8. The van der Waals surface area contributed by atoms with Crippen LogP contribution in [0.25, 0.3) is 68.2 Å². The summed E-state index contributed by atoms with van der Waals surface area (Å²) in [4.78, 5) is 0. The van der Waals surface area contributed by atoms with E-state index in [9.17, 15) is 0 Å². The quantitative estimate of drug-likeness (QED) is 0.225. The minimum Gasteiger partial charge on any atom is -0.454 e. The van der Waals surface area contributed by atoms with Crippen molar-refractivity contribution in [3.05, 3.63) is 89.5 Å². The average molecular weight is 488 g/mol. The van der Waals surface area contributed by atoms with E-state index in [1.165, 1.54) is 57.2 Å². The molecule has 4 aromatic carbocycles. The number of fused-ring (bicyclic) bond motifs is 10. The summed E-state index contributed by atoms with van der Waals surface area (Å²) in [6.07, 6.45) is 0. The molecule has 35 heavy (non-hydrogen) atoms. The summed E-state index contributed by atoms with van der Waals surface area (Å²) < 4.78 is 14.4. The molecule has 0 aliphatic carbocycles. The summed E-state index contributed by atoms with van der Waals surface area (Å²) >= 11 is 3.82. The number of benzene rings is 4. The fourth-order valence-corrected chi connectivity index (χ4v) is 8.21. The highest BCUT2D eigenvalue weighted by Crippen LogP contribution is 2.47. The first-order chi connectivity index (χ1) is 17.0. The molecular weight excluding hydrogens is 466 g/mol. The van der Waals surface area contributed by atoms with Crippen molar-refractivity contribution in [2.45, 2.75) is 20.8 Å². The van der Waals surface area contributed by atoms with Crippen LogP contribution in [0.5, 0.6) is 0 Å². The van der Waals surface area contributed by atoms with Crippen molar-refractivity contribution in [2.75, 3.05) is 0 Å². The Morgan fingerprint density at radius 2 is 1.26 bits per heavy atom. The molecule has 0 saturated carbocycles. The first kappa shape index (κ1) is 19.7. The molecule has 4 heteroatoms. The minimum atomic E-state index is 0.950. The lowest BCUT2D eigenvalue weighted by molar-refractivity contribution is 0.672. The smallest absolute Gasteiger partial charge is 0.161 e. The zero-order valence-corrected chi connectivity index (χ0v) is 21.2. The Morgan fingerprint density at radius 3 is 2.06 bits per heavy atom. The van der Waals surface area contributed by atoms with Crippen LogP contribution in [0, 0.1) is 20.8 Å². The first-order valence-corrected chi connectivity index (χ1v) is 13.5. The molecule has 4 heterocycles. The predicted molar refractivity (Wildman–Crippen MR) is 153 cm³/mol. The van der Waals surface area contributed by atoms with Crippen molar-refractivity contribution in [1.82, 2.24) is 4.57 Å². The van der Waals surface area contributed by atoms with Crippen molar-refractivity contribution >= 4 is 85.2 Å². The van der Waals surface area contributed by atoms with Crippen molar-refractivity contribution < 1.29 is 4.42 Å². The molecule has 0 radical (unpaired) electrons. The van der Waals surface area contributed by atoms with E-state index < -0.39 is 0 Å². The monoisotopic (exact) mass is 487 g/mol. The van der Waals surface area contributed by atoms with Crippen LogP contribution in [0.1, 0.15) is 16.7 Å². The number of aromatic nitrogens is 1. The predicted octanol–water partition coefficient (Wildman–Crippen LogP) is 10.0. The van der Waals surface area contributed by atoms with Gasteiger partial charge in [0, 0.05) is 36.6 Å². The lowest BCUT2D eigenvalue weighted by Crippen LogP contribution is -1.93. The summed E-state index contributed by atoms with van der Waals surface area (Å²) in [6.45, 7) is 6.43. The van der Waals surface area contributed by atoms with Crippen LogP contribution in [-0.2, 0) is 0 Å². The molecule has 0 N–H and O–H groups in total. The maximum Gasteiger partial charge on any atom is 0.161 e. The lowest BCUT2D eigenvalue weighted by atomic mass is 10.1. The van der Waals surface area contributed by atoms with Gasteiger partial charge in [-0.05, 0) is 74.4 Å². The molecule has 8 aromatic rings. The van der Waals surface area contributed by atoms with Crippen LogP contribution in [0.4, 0.5) is 0 Å². The number of hydrogen-bond acceptors (Lipinski definition) is 3. The van der Waals surface area contributed by atoms with E-state index in [0.717, 1.165) is 27.8 Å². The van der Waals surface area contributed by atoms with Gasteiger partial charge in [-0.15, -0.1) is 22.7 Å². The first-order valence-electron chi connectivity index (χ1n) is 11.8. The molecule has 0 bridgehead atoms. The van der Waals surface area contributed by atoms with Crippen LogP contribution in [-0.4, -0.2) is 4.57 Å². The third-order valence-corrected chi connectivity index (χ3v) is 9.68. The molecule has 8 rings (SSSR count). The summed E-state index contributed by atoms with van der Waals surface area (Å²) in [7, 11) is 0. The Hall–Kier alpha value is -3.60. The van der Waals surface area contributed by atoms with Gasteiger partial charge < -0.3 is 8.98 Å². The molecule has 4 aromatic heterocycles. The van der Waals surface area contributed by atoms with E-state index >= 15 is 0 Å². The summed E-state index contributed by atoms with van der Waals surface area (Å²) in [5.41, 5.74) is 9.22. The maximum atomic E-state index is 6.55. The van der Waals surface area contributed by atoms with Gasteiger partial charge in [0.15, 0.2) is 5.58 Å². The minimum absolute atomic E-state index is 0.950. The maximum absolute atomic E-state index is 6.55. The fraction of sp³-hybridized carbons (Fsp3) is 0.0968. The Balaban J connectivity index is 1.56. The normalized spacial score (nSPS) is 12.4. The van der Waals surface area contributed by atoms with Gasteiger partial charge in [-0.1, -0.05) is 35.9 Å². The van der Waals surface area contributed by atoms with Gasteiger partial charge >= 0.3 is 0 Å². The Morgan fingerprint density at radius 1 is 0.600 bits per heavy atom. The molecule has 0 saturated heterocycles. The number of hydrogen-bond donors (Lipinski definition) is 0. The average Bonchev–Trinajstić information content (AvgIpc) is 3.55. The van der Waals surface area contributed by atoms with E-state index in [1.807, 2.05) is 22.7 Å². The Kier molecular flexibility index (Phi) is 3.79. The number of furan rings is 1. The molecule has 0 amide bonds. The zero-order valence-electron chi connectivity index (χ0n) is 19.6. The molecule has 0 fully saturated rings. The Bertz CT molecular complexity index is 2130. The summed E-state index contributed by atoms with van der Waals surface area (Å²) in [5.74, 6) is 0. The number of aryl methyl sites for hydroxylation is 3. The number of thiophene rings is 2. The van der Waals surface area contributed by atoms with Crippen LogP contribution >= 0.6 is 22.7 Å². The van der Waals surface area contributed by atoms with E-state index in [1.54, 1.807) is 0 Å². The highest BCUT2D eigenvalue weighted by Gasteiger charge is 2.22. The molecule has 0 aliphatic heterocycles. The zero-order chi connectivity index (χ0) is 23.4. The molecule has 0 aliphatic rings. The lowest BCUT2D eigenvalue weighted by Gasteiger charge is -2.08. The van der Waals surface area contributed by atoms with Gasteiger partial charge in [0.1, 0.15) is 11.1 Å². The number of nitrogens with zero attached hydrogens (tertiary/aromatic N) is 1. The van der Waals surface area contributed by atoms with Crippen molar-refractivity contribution in [1.29, 1.82) is 0 Å². The summed E-state index contributed by atoms with van der Waals surface area (Å²) in [5, 5.41) is 5.04. The van der Waals surface area contributed by atoms with E-state index in [-0.39, 0.29) is 0 Å². The highest BCUT2D eigenvalue weighted by atomic mass is 32.1. The third-order valence-electron chi connectivity index (χ3n) is 7.18. The van der Waals surface area contributed by atoms with Gasteiger partial charge in [0.05, 0.1) is 14.9 Å². The molecule has 0 atom stereocenters. The summed E-state index contributed by atoms with van der Waals surface area (Å²) in [6, 6.07) is 26.9. The SMILES string of the molecule is Cc1ccc(-n2c3cc4c(cc3c3oc5cc(C)ccc5c32)sc2c3ccc(C)cc3sc42)cc1. The second-order valence-electron chi connectivity index (χ2n) is 9.68. The topological polar surface area (TPSA) is 18.1 Å². The number of rotatable bonds is 1. The third kappa shape index (κ3) is 2.64. The largest absolute Gasteiger partial charge is 0.454 e. The van der Waals surface area contributed by atoms with Gasteiger partial charge in [-0.2, -0.15) is 0 Å². The molecule has 0 unspecified atom stereocenters. The van der Waals surface area contributed by atoms with E-state index in [2.05, 4.69) is 98.1 Å². The fourth-order valence-electron chi connectivity index (χ4n) is 5.44. The van der Waals surface area contributed by atoms with Crippen LogP contribution in [0.3, 0.4) is 0 Å². The molecular formula is C31H21NOS2. The Labute approximate surface area is 209 Å². The highest BCUT2D eigenvalue weighted by molar-refractivity contribution is 7.36. The van der Waals surface area contributed by atoms with Gasteiger partial charge in [0.25, 0.3) is 0 Å². The van der Waals surface area contributed by atoms with Crippen molar-refractivity contribution in [3.8, 4) is 5.69 Å². The van der Waals surface area contributed by atoms with Crippen molar-refractivity contribution in [3.63, 3.8) is 0 Å². The molecule has 0 spiro atoms. The van der Waals surface area contributed by atoms with Gasteiger partial charge in [-0.25, -0.2) is 0 Å².